The van der Waals surface area contributed by atoms with Gasteiger partial charge in [-0.1, -0.05) is 13.8 Å². The van der Waals surface area contributed by atoms with E-state index in [0.29, 0.717) is 18.1 Å². The summed E-state index contributed by atoms with van der Waals surface area (Å²) in [4.78, 5) is 11.6. The molecular weight excluding hydrogens is 245 g/mol. The molecule has 19 heavy (non-hydrogen) atoms. The topological polar surface area (TPSA) is 38.3 Å². The van der Waals surface area contributed by atoms with E-state index in [9.17, 15) is 9.18 Å². The van der Waals surface area contributed by atoms with E-state index in [1.165, 1.54) is 24.3 Å². The molecule has 0 aliphatic heterocycles. The van der Waals surface area contributed by atoms with E-state index in [-0.39, 0.29) is 5.82 Å². The first-order valence-corrected chi connectivity index (χ1v) is 6.73. The smallest absolute Gasteiger partial charge is 0.338 e. The van der Waals surface area contributed by atoms with Crippen LogP contribution in [-0.4, -0.2) is 25.7 Å². The molecule has 3 nitrogen and oxygen atoms in total. The molecule has 0 amide bonds. The number of hydrogen-bond acceptors (Lipinski definition) is 3. The maximum absolute atomic E-state index is 12.7. The Kier molecular flexibility index (Phi) is 7.11. The van der Waals surface area contributed by atoms with Crippen molar-refractivity contribution in [2.75, 3.05) is 19.7 Å². The van der Waals surface area contributed by atoms with E-state index in [4.69, 9.17) is 4.74 Å². The predicted molar refractivity (Wildman–Crippen MR) is 73.6 cm³/mol. The molecular formula is C15H22FNO2. The van der Waals surface area contributed by atoms with Crippen molar-refractivity contribution in [1.82, 2.24) is 5.32 Å². The summed E-state index contributed by atoms with van der Waals surface area (Å²) < 4.78 is 17.8. The second-order valence-corrected chi connectivity index (χ2v) is 4.93. The van der Waals surface area contributed by atoms with Crippen molar-refractivity contribution in [2.24, 2.45) is 5.92 Å². The highest BCUT2D eigenvalue weighted by atomic mass is 19.1. The number of benzene rings is 1. The Morgan fingerprint density at radius 2 is 1.95 bits per heavy atom. The summed E-state index contributed by atoms with van der Waals surface area (Å²) in [6, 6.07) is 5.37. The number of hydrogen-bond donors (Lipinski definition) is 1. The van der Waals surface area contributed by atoms with Crippen LogP contribution in [0.4, 0.5) is 4.39 Å². The minimum atomic E-state index is -0.401. The molecule has 0 bridgehead atoms. The maximum Gasteiger partial charge on any atom is 0.338 e. The van der Waals surface area contributed by atoms with Gasteiger partial charge in [0.25, 0.3) is 0 Å². The molecule has 0 saturated carbocycles. The second-order valence-electron chi connectivity index (χ2n) is 4.93. The highest BCUT2D eigenvalue weighted by molar-refractivity contribution is 5.89. The minimum Gasteiger partial charge on any atom is -0.462 e. The van der Waals surface area contributed by atoms with Gasteiger partial charge in [-0.3, -0.25) is 0 Å². The first-order valence-electron chi connectivity index (χ1n) is 6.73. The fourth-order valence-electron chi connectivity index (χ4n) is 1.55. The van der Waals surface area contributed by atoms with Crippen LogP contribution in [0.3, 0.4) is 0 Å². The number of halogens is 1. The van der Waals surface area contributed by atoms with E-state index in [0.717, 1.165) is 25.9 Å². The molecule has 0 radical (unpaired) electrons. The molecule has 0 aromatic heterocycles. The van der Waals surface area contributed by atoms with Crippen LogP contribution in [0.5, 0.6) is 0 Å². The maximum atomic E-state index is 12.7. The molecule has 0 fully saturated rings. The van der Waals surface area contributed by atoms with Gasteiger partial charge in [0.15, 0.2) is 0 Å². The lowest BCUT2D eigenvalue weighted by Gasteiger charge is -2.07. The molecule has 1 rings (SSSR count). The van der Waals surface area contributed by atoms with Gasteiger partial charge in [-0.15, -0.1) is 0 Å². The van der Waals surface area contributed by atoms with Gasteiger partial charge in [-0.25, -0.2) is 9.18 Å². The highest BCUT2D eigenvalue weighted by Gasteiger charge is 2.06. The zero-order valence-corrected chi connectivity index (χ0v) is 11.6. The van der Waals surface area contributed by atoms with Gasteiger partial charge in [0, 0.05) is 0 Å². The van der Waals surface area contributed by atoms with Crippen LogP contribution >= 0.6 is 0 Å². The molecule has 0 heterocycles. The van der Waals surface area contributed by atoms with Crippen LogP contribution in [0.15, 0.2) is 24.3 Å². The van der Waals surface area contributed by atoms with Gasteiger partial charge in [0.05, 0.1) is 12.2 Å². The Hall–Kier alpha value is -1.42. The number of esters is 1. The fraction of sp³-hybridized carbons (Fsp3) is 0.533. The van der Waals surface area contributed by atoms with E-state index in [1.807, 2.05) is 0 Å². The molecule has 1 aromatic carbocycles. The molecule has 1 N–H and O–H groups in total. The van der Waals surface area contributed by atoms with Crippen LogP contribution in [0.2, 0.25) is 0 Å². The molecule has 106 valence electrons. The van der Waals surface area contributed by atoms with Crippen molar-refractivity contribution in [2.45, 2.75) is 26.7 Å². The third kappa shape index (κ3) is 6.91. The number of rotatable bonds is 8. The van der Waals surface area contributed by atoms with Gasteiger partial charge >= 0.3 is 5.97 Å². The molecule has 4 heteroatoms. The Balaban J connectivity index is 2.09. The van der Waals surface area contributed by atoms with Crippen LogP contribution in [0.1, 0.15) is 37.0 Å². The number of carbonyl (C=O) groups is 1. The summed E-state index contributed by atoms with van der Waals surface area (Å²) in [5, 5.41) is 3.30. The van der Waals surface area contributed by atoms with Crippen molar-refractivity contribution in [1.29, 1.82) is 0 Å². The number of carbonyl (C=O) groups excluding carboxylic acids is 1. The summed E-state index contributed by atoms with van der Waals surface area (Å²) in [6.45, 7) is 6.58. The normalized spacial score (nSPS) is 10.7. The van der Waals surface area contributed by atoms with Gasteiger partial charge in [0.1, 0.15) is 5.82 Å². The summed E-state index contributed by atoms with van der Waals surface area (Å²) in [7, 11) is 0. The average molecular weight is 267 g/mol. The fourth-order valence-corrected chi connectivity index (χ4v) is 1.55. The van der Waals surface area contributed by atoms with Crippen molar-refractivity contribution >= 4 is 5.97 Å². The lowest BCUT2D eigenvalue weighted by Crippen LogP contribution is -2.20. The SMILES string of the molecule is CC(C)CCNCCCOC(=O)c1ccc(F)cc1. The monoisotopic (exact) mass is 267 g/mol. The summed E-state index contributed by atoms with van der Waals surface area (Å²) in [6.07, 6.45) is 1.93. The summed E-state index contributed by atoms with van der Waals surface area (Å²) in [5.74, 6) is -0.0584. The van der Waals surface area contributed by atoms with Crippen LogP contribution in [0, 0.1) is 11.7 Å². The summed E-state index contributed by atoms with van der Waals surface area (Å²) in [5.41, 5.74) is 0.383. The van der Waals surface area contributed by atoms with E-state index in [1.54, 1.807) is 0 Å². The van der Waals surface area contributed by atoms with Crippen molar-refractivity contribution in [3.63, 3.8) is 0 Å². The Bertz CT molecular complexity index is 376. The van der Waals surface area contributed by atoms with Gasteiger partial charge in [0.2, 0.25) is 0 Å². The van der Waals surface area contributed by atoms with Gasteiger partial charge < -0.3 is 10.1 Å². The third-order valence-corrected chi connectivity index (χ3v) is 2.71. The first kappa shape index (κ1) is 15.6. The lowest BCUT2D eigenvalue weighted by molar-refractivity contribution is 0.0500. The number of ether oxygens (including phenoxy) is 1. The molecule has 0 spiro atoms. The van der Waals surface area contributed by atoms with Crippen molar-refractivity contribution < 1.29 is 13.9 Å². The molecule has 0 saturated heterocycles. The zero-order chi connectivity index (χ0) is 14.1. The molecule has 0 aliphatic carbocycles. The van der Waals surface area contributed by atoms with Gasteiger partial charge in [-0.2, -0.15) is 0 Å². The van der Waals surface area contributed by atoms with E-state index in [2.05, 4.69) is 19.2 Å². The lowest BCUT2D eigenvalue weighted by atomic mass is 10.1. The predicted octanol–water partition coefficient (Wildman–Crippen LogP) is 3.01. The Morgan fingerprint density at radius 1 is 1.26 bits per heavy atom. The van der Waals surface area contributed by atoms with Crippen molar-refractivity contribution in [3.05, 3.63) is 35.6 Å². The van der Waals surface area contributed by atoms with Crippen LogP contribution in [0.25, 0.3) is 0 Å². The van der Waals surface area contributed by atoms with E-state index < -0.39 is 5.97 Å². The van der Waals surface area contributed by atoms with Crippen molar-refractivity contribution in [3.8, 4) is 0 Å². The minimum absolute atomic E-state index is 0.356. The van der Waals surface area contributed by atoms with Gasteiger partial charge in [-0.05, 0) is 56.1 Å². The average Bonchev–Trinajstić information content (AvgIpc) is 2.38. The van der Waals surface area contributed by atoms with E-state index >= 15 is 0 Å². The Labute approximate surface area is 114 Å². The second kappa shape index (κ2) is 8.64. The molecule has 0 unspecified atom stereocenters. The number of nitrogens with one attached hydrogen (secondary N) is 1. The largest absolute Gasteiger partial charge is 0.462 e. The zero-order valence-electron chi connectivity index (χ0n) is 11.6. The Morgan fingerprint density at radius 3 is 2.58 bits per heavy atom. The summed E-state index contributed by atoms with van der Waals surface area (Å²) >= 11 is 0. The molecule has 1 aromatic rings. The third-order valence-electron chi connectivity index (χ3n) is 2.71. The van der Waals surface area contributed by atoms with Crippen LogP contribution < -0.4 is 5.32 Å². The quantitative estimate of drug-likeness (QED) is 0.581. The highest BCUT2D eigenvalue weighted by Crippen LogP contribution is 2.04. The first-order chi connectivity index (χ1) is 9.09. The standard InChI is InChI=1S/C15H22FNO2/c1-12(2)8-10-17-9-3-11-19-15(18)13-4-6-14(16)7-5-13/h4-7,12,17H,3,8-11H2,1-2H3. The molecule has 0 atom stereocenters. The molecule has 0 aliphatic rings. The van der Waals surface area contributed by atoms with Crippen LogP contribution in [-0.2, 0) is 4.74 Å².